The second-order valence-corrected chi connectivity index (χ2v) is 7.38. The number of amides is 1. The maximum Gasteiger partial charge on any atom is 0.252 e. The van der Waals surface area contributed by atoms with Crippen molar-refractivity contribution in [2.45, 2.75) is 26.3 Å². The predicted octanol–water partition coefficient (Wildman–Crippen LogP) is 3.44. The molecular weight excluding hydrogens is 387 g/mol. The van der Waals surface area contributed by atoms with E-state index in [-0.39, 0.29) is 17.2 Å². The highest BCUT2D eigenvalue weighted by Gasteiger charge is 2.27. The number of halogens is 1. The van der Waals surface area contributed by atoms with Crippen molar-refractivity contribution in [2.75, 3.05) is 20.3 Å². The van der Waals surface area contributed by atoms with E-state index in [2.05, 4.69) is 10.1 Å². The van der Waals surface area contributed by atoms with Crippen LogP contribution in [0.4, 0.5) is 4.39 Å². The van der Waals surface area contributed by atoms with E-state index in [0.717, 1.165) is 23.1 Å². The molecule has 0 bridgehead atoms. The molecule has 1 aromatic carbocycles. The summed E-state index contributed by atoms with van der Waals surface area (Å²) in [4.78, 5) is 16.2. The van der Waals surface area contributed by atoms with Crippen molar-refractivity contribution >= 4 is 5.91 Å². The monoisotopic (exact) mass is 410 g/mol. The van der Waals surface area contributed by atoms with E-state index in [9.17, 15) is 4.79 Å². The third-order valence-corrected chi connectivity index (χ3v) is 5.48. The number of hydrogen-bond acceptors (Lipinski definition) is 5. The van der Waals surface area contributed by atoms with Gasteiger partial charge in [0.15, 0.2) is 0 Å². The number of hydrogen-bond donors (Lipinski definition) is 1. The van der Waals surface area contributed by atoms with E-state index >= 15 is 4.39 Å². The molecule has 30 heavy (non-hydrogen) atoms. The normalized spacial score (nSPS) is 16.1. The van der Waals surface area contributed by atoms with Gasteiger partial charge in [0.25, 0.3) is 5.91 Å². The second-order valence-electron chi connectivity index (χ2n) is 7.38. The Hall–Kier alpha value is -3.26. The van der Waals surface area contributed by atoms with Gasteiger partial charge in [0.1, 0.15) is 5.82 Å². The molecule has 7 nitrogen and oxygen atoms in total. The Bertz CT molecular complexity index is 1120. The number of nitrogens with two attached hydrogens (primary N) is 1. The van der Waals surface area contributed by atoms with Crippen LogP contribution >= 0.6 is 0 Å². The highest BCUT2D eigenvalue weighted by molar-refractivity contribution is 5.99. The highest BCUT2D eigenvalue weighted by Crippen LogP contribution is 2.36. The zero-order valence-electron chi connectivity index (χ0n) is 17.1. The van der Waals surface area contributed by atoms with Gasteiger partial charge < -0.3 is 15.2 Å². The fraction of sp³-hybridized carbons (Fsp3) is 0.318. The molecule has 156 valence electrons. The second kappa shape index (κ2) is 7.87. The number of aryl methyl sites for hydroxylation is 1. The van der Waals surface area contributed by atoms with E-state index in [4.69, 9.17) is 15.2 Å². The van der Waals surface area contributed by atoms with Gasteiger partial charge in [-0.25, -0.2) is 9.37 Å². The number of ether oxygens (including phenoxy) is 2. The number of rotatable bonds is 5. The Morgan fingerprint density at radius 3 is 2.77 bits per heavy atom. The van der Waals surface area contributed by atoms with Gasteiger partial charge in [0, 0.05) is 23.9 Å². The molecule has 1 aliphatic rings. The van der Waals surface area contributed by atoms with Gasteiger partial charge >= 0.3 is 0 Å². The summed E-state index contributed by atoms with van der Waals surface area (Å²) in [5, 5.41) is 4.31. The lowest BCUT2D eigenvalue weighted by molar-refractivity contribution is 0.100. The lowest BCUT2D eigenvalue weighted by Gasteiger charge is -2.16. The number of benzene rings is 1. The summed E-state index contributed by atoms with van der Waals surface area (Å²) in [7, 11) is 1.55. The van der Waals surface area contributed by atoms with Gasteiger partial charge in [-0.2, -0.15) is 5.10 Å². The van der Waals surface area contributed by atoms with E-state index in [1.54, 1.807) is 24.1 Å². The van der Waals surface area contributed by atoms with Crippen LogP contribution in [0.2, 0.25) is 0 Å². The standard InChI is InChI=1S/C22H23FN4O3/c1-12-9-25-22(29-3)13(2)19(12)14-4-5-16(18(23)8-14)20-17(21(24)28)10-26-27(20)15-6-7-30-11-15/h4-5,8-10,15H,6-7,11H2,1-3H3,(H2,24,28). The molecule has 2 N–H and O–H groups in total. The van der Waals surface area contributed by atoms with Crippen LogP contribution in [0.15, 0.2) is 30.6 Å². The summed E-state index contributed by atoms with van der Waals surface area (Å²) in [6.07, 6.45) is 3.83. The van der Waals surface area contributed by atoms with E-state index < -0.39 is 11.7 Å². The van der Waals surface area contributed by atoms with Crippen molar-refractivity contribution in [3.63, 3.8) is 0 Å². The lowest BCUT2D eigenvalue weighted by Crippen LogP contribution is -2.16. The molecule has 8 heteroatoms. The van der Waals surface area contributed by atoms with Gasteiger partial charge in [0.2, 0.25) is 5.88 Å². The summed E-state index contributed by atoms with van der Waals surface area (Å²) in [6.45, 7) is 4.86. The smallest absolute Gasteiger partial charge is 0.252 e. The number of methoxy groups -OCH3 is 1. The molecule has 1 atom stereocenters. The zero-order chi connectivity index (χ0) is 21.4. The summed E-state index contributed by atoms with van der Waals surface area (Å²) in [6, 6.07) is 4.87. The fourth-order valence-corrected chi connectivity index (χ4v) is 4.03. The molecule has 3 heterocycles. The number of carbonyl (C=O) groups is 1. The van der Waals surface area contributed by atoms with Crippen molar-refractivity contribution in [1.82, 2.24) is 14.8 Å². The summed E-state index contributed by atoms with van der Waals surface area (Å²) in [5.41, 5.74) is 9.67. The average Bonchev–Trinajstić information content (AvgIpc) is 3.38. The van der Waals surface area contributed by atoms with Gasteiger partial charge in [-0.15, -0.1) is 0 Å². The summed E-state index contributed by atoms with van der Waals surface area (Å²) in [5.74, 6) is -0.621. The molecule has 0 radical (unpaired) electrons. The minimum Gasteiger partial charge on any atom is -0.481 e. The molecule has 1 amide bonds. The fourth-order valence-electron chi connectivity index (χ4n) is 4.03. The van der Waals surface area contributed by atoms with Crippen LogP contribution in [0.3, 0.4) is 0 Å². The van der Waals surface area contributed by atoms with Gasteiger partial charge in [-0.1, -0.05) is 6.07 Å². The molecule has 0 saturated carbocycles. The first-order chi connectivity index (χ1) is 14.4. The van der Waals surface area contributed by atoms with Crippen molar-refractivity contribution in [3.8, 4) is 28.3 Å². The van der Waals surface area contributed by atoms with Crippen LogP contribution in [0, 0.1) is 19.7 Å². The first-order valence-corrected chi connectivity index (χ1v) is 9.68. The van der Waals surface area contributed by atoms with E-state index in [1.165, 1.54) is 12.3 Å². The molecule has 0 spiro atoms. The molecule has 2 aromatic heterocycles. The Morgan fingerprint density at radius 2 is 2.13 bits per heavy atom. The van der Waals surface area contributed by atoms with E-state index in [0.29, 0.717) is 30.4 Å². The lowest BCUT2D eigenvalue weighted by atomic mass is 9.95. The summed E-state index contributed by atoms with van der Waals surface area (Å²) < 4.78 is 27.8. The molecule has 0 aliphatic carbocycles. The minimum atomic E-state index is -0.649. The van der Waals surface area contributed by atoms with Gasteiger partial charge in [0.05, 0.1) is 37.2 Å². The van der Waals surface area contributed by atoms with Crippen LogP contribution in [-0.4, -0.2) is 41.0 Å². The molecular formula is C22H23FN4O3. The topological polar surface area (TPSA) is 92.3 Å². The molecule has 1 saturated heterocycles. The number of nitrogens with zero attached hydrogens (tertiary/aromatic N) is 3. The summed E-state index contributed by atoms with van der Waals surface area (Å²) >= 11 is 0. The van der Waals surface area contributed by atoms with Gasteiger partial charge in [-0.05, 0) is 49.1 Å². The average molecular weight is 410 g/mol. The molecule has 1 unspecified atom stereocenters. The van der Waals surface area contributed by atoms with Crippen molar-refractivity contribution in [1.29, 1.82) is 0 Å². The van der Waals surface area contributed by atoms with Crippen LogP contribution in [-0.2, 0) is 4.74 Å². The quantitative estimate of drug-likeness (QED) is 0.696. The Morgan fingerprint density at radius 1 is 1.33 bits per heavy atom. The Balaban J connectivity index is 1.85. The van der Waals surface area contributed by atoms with Crippen LogP contribution in [0.5, 0.6) is 5.88 Å². The third kappa shape index (κ3) is 3.33. The molecule has 1 aliphatic heterocycles. The van der Waals surface area contributed by atoms with Crippen LogP contribution < -0.4 is 10.5 Å². The minimum absolute atomic E-state index is 0.0684. The maximum absolute atomic E-state index is 15.4. The van der Waals surface area contributed by atoms with Crippen molar-refractivity contribution < 1.29 is 18.7 Å². The number of aromatic nitrogens is 3. The SMILES string of the molecule is COc1ncc(C)c(-c2ccc(-c3c(C(N)=O)cnn3C3CCOC3)c(F)c2)c1C. The number of primary amides is 1. The zero-order valence-corrected chi connectivity index (χ0v) is 17.1. The number of carbonyl (C=O) groups excluding carboxylic acids is 1. The largest absolute Gasteiger partial charge is 0.481 e. The van der Waals surface area contributed by atoms with E-state index in [1.807, 2.05) is 19.9 Å². The first-order valence-electron chi connectivity index (χ1n) is 9.68. The Kier molecular flexibility index (Phi) is 5.26. The molecule has 3 aromatic rings. The third-order valence-electron chi connectivity index (χ3n) is 5.48. The maximum atomic E-state index is 15.4. The first kappa shape index (κ1) is 20.0. The predicted molar refractivity (Wildman–Crippen MR) is 110 cm³/mol. The van der Waals surface area contributed by atoms with Crippen LogP contribution in [0.25, 0.3) is 22.4 Å². The Labute approximate surface area is 173 Å². The van der Waals surface area contributed by atoms with Gasteiger partial charge in [-0.3, -0.25) is 9.48 Å². The molecule has 1 fully saturated rings. The van der Waals surface area contributed by atoms with Crippen LogP contribution in [0.1, 0.15) is 33.9 Å². The van der Waals surface area contributed by atoms with Crippen molar-refractivity contribution in [3.05, 3.63) is 53.1 Å². The molecule has 4 rings (SSSR count). The highest BCUT2D eigenvalue weighted by atomic mass is 19.1. The number of pyridine rings is 1. The van der Waals surface area contributed by atoms with Crippen molar-refractivity contribution in [2.24, 2.45) is 5.73 Å².